The highest BCUT2D eigenvalue weighted by molar-refractivity contribution is 7.92. The number of hydrogen-bond donors (Lipinski definition) is 1. The molecular formula is C17H27N3O4S. The monoisotopic (exact) mass is 369 g/mol. The van der Waals surface area contributed by atoms with Crippen molar-refractivity contribution in [2.75, 3.05) is 37.7 Å². The first kappa shape index (κ1) is 21.0. The summed E-state index contributed by atoms with van der Waals surface area (Å²) in [6, 6.07) is 6.15. The van der Waals surface area contributed by atoms with E-state index in [9.17, 15) is 18.0 Å². The molecule has 0 heterocycles. The summed E-state index contributed by atoms with van der Waals surface area (Å²) in [6.07, 6.45) is 1.87. The lowest BCUT2D eigenvalue weighted by Gasteiger charge is -2.22. The lowest BCUT2D eigenvalue weighted by atomic mass is 10.1. The number of rotatable bonds is 8. The first-order chi connectivity index (χ1) is 11.5. The van der Waals surface area contributed by atoms with Crippen molar-refractivity contribution in [1.29, 1.82) is 0 Å². The first-order valence-electron chi connectivity index (χ1n) is 8.08. The molecule has 0 saturated carbocycles. The zero-order valence-electron chi connectivity index (χ0n) is 15.4. The summed E-state index contributed by atoms with van der Waals surface area (Å²) in [4.78, 5) is 25.4. The van der Waals surface area contributed by atoms with Gasteiger partial charge in [0.25, 0.3) is 5.91 Å². The molecule has 0 atom stereocenters. The molecule has 1 rings (SSSR count). The van der Waals surface area contributed by atoms with Gasteiger partial charge >= 0.3 is 0 Å². The molecule has 0 aromatic heterocycles. The molecule has 0 aliphatic heterocycles. The van der Waals surface area contributed by atoms with E-state index in [4.69, 9.17) is 0 Å². The third-order valence-electron chi connectivity index (χ3n) is 3.54. The van der Waals surface area contributed by atoms with Gasteiger partial charge in [0, 0.05) is 26.2 Å². The van der Waals surface area contributed by atoms with Crippen molar-refractivity contribution in [1.82, 2.24) is 10.2 Å². The number of carbonyl (C=O) groups excluding carboxylic acids is 2. The van der Waals surface area contributed by atoms with E-state index in [-0.39, 0.29) is 18.4 Å². The van der Waals surface area contributed by atoms with Crippen LogP contribution < -0.4 is 9.62 Å². The minimum atomic E-state index is -3.63. The van der Waals surface area contributed by atoms with E-state index < -0.39 is 10.0 Å². The maximum absolute atomic E-state index is 12.0. The van der Waals surface area contributed by atoms with Gasteiger partial charge in [-0.1, -0.05) is 13.8 Å². The van der Waals surface area contributed by atoms with Crippen LogP contribution in [-0.4, -0.2) is 58.6 Å². The van der Waals surface area contributed by atoms with Crippen LogP contribution in [0.4, 0.5) is 5.69 Å². The number of sulfonamides is 1. The summed E-state index contributed by atoms with van der Waals surface area (Å²) in [6.45, 7) is 4.30. The standard InChI is InChI=1S/C17H27N3O4S/c1-13(2)10-11-18-16(21)12-20(25(5,23)24)15-8-6-14(7-9-15)17(22)19(3)4/h6-9,13H,10-12H2,1-5H3,(H,18,21). The van der Waals surface area contributed by atoms with Crippen molar-refractivity contribution in [2.45, 2.75) is 20.3 Å². The second-order valence-electron chi connectivity index (χ2n) is 6.55. The van der Waals surface area contributed by atoms with E-state index in [1.807, 2.05) is 13.8 Å². The largest absolute Gasteiger partial charge is 0.355 e. The molecule has 0 radical (unpaired) electrons. The number of hydrogen-bond acceptors (Lipinski definition) is 4. The smallest absolute Gasteiger partial charge is 0.253 e. The zero-order valence-corrected chi connectivity index (χ0v) is 16.3. The second kappa shape index (κ2) is 8.84. The van der Waals surface area contributed by atoms with Gasteiger partial charge in [-0.3, -0.25) is 13.9 Å². The van der Waals surface area contributed by atoms with Crippen LogP contribution in [0.2, 0.25) is 0 Å². The Kier molecular flexibility index (Phi) is 7.41. The highest BCUT2D eigenvalue weighted by Crippen LogP contribution is 2.18. The third kappa shape index (κ3) is 6.74. The number of benzene rings is 1. The predicted octanol–water partition coefficient (Wildman–Crippen LogP) is 1.32. The number of nitrogens with one attached hydrogen (secondary N) is 1. The van der Waals surface area contributed by atoms with Crippen molar-refractivity contribution in [2.24, 2.45) is 5.92 Å². The minimum Gasteiger partial charge on any atom is -0.355 e. The van der Waals surface area contributed by atoms with E-state index in [0.717, 1.165) is 17.0 Å². The van der Waals surface area contributed by atoms with Crippen LogP contribution in [0, 0.1) is 5.92 Å². The van der Waals surface area contributed by atoms with Crippen LogP contribution >= 0.6 is 0 Å². The molecule has 2 amide bonds. The molecule has 0 aliphatic carbocycles. The van der Waals surface area contributed by atoms with Gasteiger partial charge in [0.05, 0.1) is 11.9 Å². The van der Waals surface area contributed by atoms with Gasteiger partial charge < -0.3 is 10.2 Å². The molecule has 1 aromatic carbocycles. The zero-order chi connectivity index (χ0) is 19.2. The van der Waals surface area contributed by atoms with Crippen molar-refractivity contribution in [3.63, 3.8) is 0 Å². The molecule has 8 heteroatoms. The highest BCUT2D eigenvalue weighted by Gasteiger charge is 2.21. The molecule has 0 spiro atoms. The summed E-state index contributed by atoms with van der Waals surface area (Å²) < 4.78 is 25.1. The van der Waals surface area contributed by atoms with Crippen LogP contribution in [0.3, 0.4) is 0 Å². The minimum absolute atomic E-state index is 0.177. The van der Waals surface area contributed by atoms with E-state index in [1.165, 1.54) is 17.0 Å². The molecule has 1 N–H and O–H groups in total. The summed E-state index contributed by atoms with van der Waals surface area (Å²) in [5, 5.41) is 2.73. The molecule has 0 bridgehead atoms. The quantitative estimate of drug-likeness (QED) is 0.749. The molecule has 25 heavy (non-hydrogen) atoms. The summed E-state index contributed by atoms with van der Waals surface area (Å²) in [5.41, 5.74) is 0.792. The first-order valence-corrected chi connectivity index (χ1v) is 9.93. The summed E-state index contributed by atoms with van der Waals surface area (Å²) in [5.74, 6) is -0.0866. The van der Waals surface area contributed by atoms with E-state index >= 15 is 0 Å². The van der Waals surface area contributed by atoms with E-state index in [0.29, 0.717) is 23.7 Å². The molecule has 0 saturated heterocycles. The third-order valence-corrected chi connectivity index (χ3v) is 4.68. The fraction of sp³-hybridized carbons (Fsp3) is 0.529. The average molecular weight is 369 g/mol. The molecule has 1 aromatic rings. The summed E-state index contributed by atoms with van der Waals surface area (Å²) in [7, 11) is -0.348. The fourth-order valence-corrected chi connectivity index (χ4v) is 2.97. The lowest BCUT2D eigenvalue weighted by molar-refractivity contribution is -0.119. The van der Waals surface area contributed by atoms with Gasteiger partial charge in [0.1, 0.15) is 6.54 Å². The van der Waals surface area contributed by atoms with Crippen molar-refractivity contribution in [3.05, 3.63) is 29.8 Å². The average Bonchev–Trinajstić information content (AvgIpc) is 2.50. The molecule has 7 nitrogen and oxygen atoms in total. The maximum Gasteiger partial charge on any atom is 0.253 e. The Balaban J connectivity index is 2.90. The Morgan fingerprint density at radius 1 is 1.12 bits per heavy atom. The highest BCUT2D eigenvalue weighted by atomic mass is 32.2. The van der Waals surface area contributed by atoms with E-state index in [2.05, 4.69) is 5.32 Å². The van der Waals surface area contributed by atoms with Crippen molar-refractivity contribution >= 4 is 27.5 Å². The van der Waals surface area contributed by atoms with E-state index in [1.54, 1.807) is 26.2 Å². The Bertz CT molecular complexity index is 697. The Morgan fingerprint density at radius 2 is 1.68 bits per heavy atom. The fourth-order valence-electron chi connectivity index (χ4n) is 2.12. The van der Waals surface area contributed by atoms with Crippen LogP contribution in [0.15, 0.2) is 24.3 Å². The van der Waals surface area contributed by atoms with Gasteiger partial charge in [-0.15, -0.1) is 0 Å². The normalized spacial score (nSPS) is 11.3. The van der Waals surface area contributed by atoms with Gasteiger partial charge in [0.2, 0.25) is 15.9 Å². The number of anilines is 1. The maximum atomic E-state index is 12.0. The molecule has 0 fully saturated rings. The Hall–Kier alpha value is -2.09. The van der Waals surface area contributed by atoms with Gasteiger partial charge in [0.15, 0.2) is 0 Å². The van der Waals surface area contributed by atoms with Gasteiger partial charge in [-0.05, 0) is 36.6 Å². The van der Waals surface area contributed by atoms with Crippen molar-refractivity contribution < 1.29 is 18.0 Å². The number of nitrogens with zero attached hydrogens (tertiary/aromatic N) is 2. The number of carbonyl (C=O) groups is 2. The summed E-state index contributed by atoms with van der Waals surface area (Å²) >= 11 is 0. The topological polar surface area (TPSA) is 86.8 Å². The van der Waals surface area contributed by atoms with Crippen LogP contribution in [-0.2, 0) is 14.8 Å². The molecule has 140 valence electrons. The van der Waals surface area contributed by atoms with Gasteiger partial charge in [-0.25, -0.2) is 8.42 Å². The number of amides is 2. The Morgan fingerprint density at radius 3 is 2.12 bits per heavy atom. The lowest BCUT2D eigenvalue weighted by Crippen LogP contribution is -2.40. The van der Waals surface area contributed by atoms with Crippen LogP contribution in [0.1, 0.15) is 30.6 Å². The SMILES string of the molecule is CC(C)CCNC(=O)CN(c1ccc(C(=O)N(C)C)cc1)S(C)(=O)=O. The molecular weight excluding hydrogens is 342 g/mol. The van der Waals surface area contributed by atoms with Gasteiger partial charge in [-0.2, -0.15) is 0 Å². The Labute approximate surface area is 150 Å². The van der Waals surface area contributed by atoms with Crippen LogP contribution in [0.5, 0.6) is 0 Å². The second-order valence-corrected chi connectivity index (χ2v) is 8.46. The van der Waals surface area contributed by atoms with Crippen LogP contribution in [0.25, 0.3) is 0 Å². The predicted molar refractivity (Wildman–Crippen MR) is 99.1 cm³/mol. The molecule has 0 unspecified atom stereocenters. The molecule has 0 aliphatic rings. The van der Waals surface area contributed by atoms with Crippen molar-refractivity contribution in [3.8, 4) is 0 Å².